The molecule has 1 fully saturated rings. The Morgan fingerprint density at radius 2 is 2.19 bits per heavy atom. The number of carbonyl (C=O) groups is 1. The monoisotopic (exact) mass is 388 g/mol. The normalized spacial score (nSPS) is 20.1. The van der Waals surface area contributed by atoms with Crippen LogP contribution in [0.25, 0.3) is 10.2 Å². The van der Waals surface area contributed by atoms with E-state index in [4.69, 9.17) is 0 Å². The van der Waals surface area contributed by atoms with Crippen LogP contribution in [-0.2, 0) is 24.2 Å². The number of nitrogens with one attached hydrogen (secondary N) is 1. The highest BCUT2D eigenvalue weighted by molar-refractivity contribution is 7.18. The van der Waals surface area contributed by atoms with Gasteiger partial charge in [0.25, 0.3) is 5.56 Å². The van der Waals surface area contributed by atoms with Crippen molar-refractivity contribution in [2.24, 2.45) is 0 Å². The molecule has 0 bridgehead atoms. The number of nitrogens with zero attached hydrogens (tertiary/aromatic N) is 3. The first-order chi connectivity index (χ1) is 13.2. The molecule has 1 aliphatic carbocycles. The molecule has 2 aromatic heterocycles. The minimum atomic E-state index is 0.0114. The van der Waals surface area contributed by atoms with Gasteiger partial charge in [-0.25, -0.2) is 4.98 Å². The molecule has 6 nitrogen and oxygen atoms in total. The zero-order valence-electron chi connectivity index (χ0n) is 16.0. The maximum atomic E-state index is 12.9. The molecule has 1 N–H and O–H groups in total. The van der Waals surface area contributed by atoms with Gasteiger partial charge in [0.1, 0.15) is 4.83 Å². The molecular formula is C20H28N4O2S. The largest absolute Gasteiger partial charge is 0.354 e. The highest BCUT2D eigenvalue weighted by Gasteiger charge is 2.23. The standard InChI is InChI=1S/C20H28N4O2S/c1-2-23-10-5-6-14(23)12-21-17(25)9-11-24-13-22-19-18(20(24)26)15-7-3-4-8-16(15)27-19/h13-14H,2-12H2,1H3,(H,21,25). The molecule has 2 aliphatic rings. The van der Waals surface area contributed by atoms with Gasteiger partial charge in [-0.2, -0.15) is 0 Å². The summed E-state index contributed by atoms with van der Waals surface area (Å²) in [5.74, 6) is 0.0114. The lowest BCUT2D eigenvalue weighted by atomic mass is 9.97. The van der Waals surface area contributed by atoms with E-state index in [2.05, 4.69) is 22.1 Å². The Morgan fingerprint density at radius 3 is 3.04 bits per heavy atom. The van der Waals surface area contributed by atoms with Crippen molar-refractivity contribution in [3.05, 3.63) is 27.1 Å². The number of aryl methyl sites for hydroxylation is 3. The number of likely N-dealkylation sites (N-methyl/N-ethyl adjacent to an activating group) is 1. The van der Waals surface area contributed by atoms with Crippen molar-refractivity contribution < 1.29 is 4.79 Å². The van der Waals surface area contributed by atoms with E-state index in [0.717, 1.165) is 49.0 Å². The summed E-state index contributed by atoms with van der Waals surface area (Å²) in [5.41, 5.74) is 1.22. The molecule has 3 heterocycles. The van der Waals surface area contributed by atoms with Gasteiger partial charge >= 0.3 is 0 Å². The van der Waals surface area contributed by atoms with E-state index in [1.807, 2.05) is 0 Å². The van der Waals surface area contributed by atoms with E-state index < -0.39 is 0 Å². The molecule has 0 spiro atoms. The minimum Gasteiger partial charge on any atom is -0.354 e. The van der Waals surface area contributed by atoms with Crippen LogP contribution in [0, 0.1) is 0 Å². The van der Waals surface area contributed by atoms with Gasteiger partial charge in [0.2, 0.25) is 5.91 Å². The van der Waals surface area contributed by atoms with Gasteiger partial charge in [-0.1, -0.05) is 6.92 Å². The summed E-state index contributed by atoms with van der Waals surface area (Å²) in [5, 5.41) is 3.84. The van der Waals surface area contributed by atoms with E-state index in [0.29, 0.717) is 25.6 Å². The van der Waals surface area contributed by atoms with Gasteiger partial charge in [0.05, 0.1) is 11.7 Å². The van der Waals surface area contributed by atoms with Crippen molar-refractivity contribution in [2.45, 2.75) is 64.5 Å². The third kappa shape index (κ3) is 3.80. The zero-order valence-corrected chi connectivity index (χ0v) is 16.8. The fourth-order valence-electron chi connectivity index (χ4n) is 4.43. The van der Waals surface area contributed by atoms with Crippen LogP contribution < -0.4 is 10.9 Å². The molecule has 2 aromatic rings. The predicted molar refractivity (Wildman–Crippen MR) is 108 cm³/mol. The zero-order chi connectivity index (χ0) is 18.8. The van der Waals surface area contributed by atoms with Crippen LogP contribution in [0.1, 0.15) is 49.5 Å². The van der Waals surface area contributed by atoms with E-state index in [-0.39, 0.29) is 11.5 Å². The molecule has 4 rings (SSSR count). The lowest BCUT2D eigenvalue weighted by molar-refractivity contribution is -0.121. The summed E-state index contributed by atoms with van der Waals surface area (Å²) in [7, 11) is 0. The Kier molecular flexibility index (Phi) is 5.59. The summed E-state index contributed by atoms with van der Waals surface area (Å²) >= 11 is 1.66. The lowest BCUT2D eigenvalue weighted by Gasteiger charge is -2.22. The summed E-state index contributed by atoms with van der Waals surface area (Å²) in [6, 6.07) is 0.456. The fourth-order valence-corrected chi connectivity index (χ4v) is 5.64. The van der Waals surface area contributed by atoms with Crippen LogP contribution in [0.2, 0.25) is 0 Å². The number of rotatable bonds is 6. The van der Waals surface area contributed by atoms with E-state index >= 15 is 0 Å². The van der Waals surface area contributed by atoms with Gasteiger partial charge in [-0.15, -0.1) is 11.3 Å². The molecular weight excluding hydrogens is 360 g/mol. The average molecular weight is 389 g/mol. The maximum absolute atomic E-state index is 12.9. The Balaban J connectivity index is 1.39. The SMILES string of the molecule is CCN1CCCC1CNC(=O)CCn1cnc2sc3c(c2c1=O)CCCC3. The lowest BCUT2D eigenvalue weighted by Crippen LogP contribution is -2.40. The number of carbonyl (C=O) groups excluding carboxylic acids is 1. The van der Waals surface area contributed by atoms with Gasteiger partial charge in [0.15, 0.2) is 0 Å². The van der Waals surface area contributed by atoms with E-state index in [9.17, 15) is 9.59 Å². The number of likely N-dealkylation sites (tertiary alicyclic amines) is 1. The summed E-state index contributed by atoms with van der Waals surface area (Å²) in [6.07, 6.45) is 8.67. The predicted octanol–water partition coefficient (Wildman–Crippen LogP) is 2.33. The molecule has 1 aliphatic heterocycles. The molecule has 27 heavy (non-hydrogen) atoms. The van der Waals surface area contributed by atoms with Gasteiger partial charge in [-0.05, 0) is 57.2 Å². The molecule has 0 aromatic carbocycles. The van der Waals surface area contributed by atoms with Gasteiger partial charge in [0, 0.05) is 30.4 Å². The van der Waals surface area contributed by atoms with Crippen molar-refractivity contribution in [1.82, 2.24) is 19.8 Å². The highest BCUT2D eigenvalue weighted by Crippen LogP contribution is 2.33. The third-order valence-electron chi connectivity index (χ3n) is 5.96. The molecule has 0 saturated carbocycles. The first-order valence-electron chi connectivity index (χ1n) is 10.2. The van der Waals surface area contributed by atoms with Crippen molar-refractivity contribution >= 4 is 27.5 Å². The summed E-state index contributed by atoms with van der Waals surface area (Å²) in [4.78, 5) is 34.3. The second-order valence-corrected chi connectivity index (χ2v) is 8.70. The minimum absolute atomic E-state index is 0.0114. The topological polar surface area (TPSA) is 67.2 Å². The number of amides is 1. The summed E-state index contributed by atoms with van der Waals surface area (Å²) in [6.45, 7) is 5.42. The Labute approximate surface area is 163 Å². The number of aromatic nitrogens is 2. The van der Waals surface area contributed by atoms with E-state index in [1.54, 1.807) is 22.2 Å². The average Bonchev–Trinajstić information content (AvgIpc) is 3.29. The Morgan fingerprint density at radius 1 is 1.33 bits per heavy atom. The molecule has 1 unspecified atom stereocenters. The van der Waals surface area contributed by atoms with Crippen LogP contribution in [0.3, 0.4) is 0 Å². The smallest absolute Gasteiger partial charge is 0.262 e. The van der Waals surface area contributed by atoms with Gasteiger partial charge < -0.3 is 5.32 Å². The number of fused-ring (bicyclic) bond motifs is 3. The number of hydrogen-bond acceptors (Lipinski definition) is 5. The van der Waals surface area contributed by atoms with Crippen LogP contribution in [0.15, 0.2) is 11.1 Å². The van der Waals surface area contributed by atoms with Crippen molar-refractivity contribution in [2.75, 3.05) is 19.6 Å². The van der Waals surface area contributed by atoms with Gasteiger partial charge in [-0.3, -0.25) is 19.1 Å². The molecule has 7 heteroatoms. The van der Waals surface area contributed by atoms with Crippen LogP contribution >= 0.6 is 11.3 Å². The maximum Gasteiger partial charge on any atom is 0.262 e. The molecule has 1 amide bonds. The Bertz CT molecular complexity index is 888. The first kappa shape index (κ1) is 18.6. The number of hydrogen-bond donors (Lipinski definition) is 1. The molecule has 0 radical (unpaired) electrons. The quantitative estimate of drug-likeness (QED) is 0.825. The van der Waals surface area contributed by atoms with Crippen molar-refractivity contribution in [3.63, 3.8) is 0 Å². The van der Waals surface area contributed by atoms with Crippen molar-refractivity contribution in [1.29, 1.82) is 0 Å². The number of thiophene rings is 1. The van der Waals surface area contributed by atoms with Crippen molar-refractivity contribution in [3.8, 4) is 0 Å². The molecule has 1 atom stereocenters. The molecule has 1 saturated heterocycles. The second kappa shape index (κ2) is 8.10. The highest BCUT2D eigenvalue weighted by atomic mass is 32.1. The molecule has 146 valence electrons. The fraction of sp³-hybridized carbons (Fsp3) is 0.650. The third-order valence-corrected chi connectivity index (χ3v) is 7.16. The van der Waals surface area contributed by atoms with E-state index in [1.165, 1.54) is 23.3 Å². The van der Waals surface area contributed by atoms with Crippen LogP contribution in [0.4, 0.5) is 0 Å². The summed E-state index contributed by atoms with van der Waals surface area (Å²) < 4.78 is 1.61. The van der Waals surface area contributed by atoms with Crippen LogP contribution in [0.5, 0.6) is 0 Å². The van der Waals surface area contributed by atoms with Crippen LogP contribution in [-0.4, -0.2) is 46.0 Å². The first-order valence-corrected chi connectivity index (χ1v) is 11.0. The Hall–Kier alpha value is -1.73. The second-order valence-electron chi connectivity index (χ2n) is 7.61.